The van der Waals surface area contributed by atoms with Gasteiger partial charge in [0, 0.05) is 25.1 Å². The number of hydrogen-bond donors (Lipinski definition) is 1. The smallest absolute Gasteiger partial charge is 0.526 e. The molecule has 174 valence electrons. The number of carbonyl (C=O) groups excluding carboxylic acids is 3. The van der Waals surface area contributed by atoms with Crippen LogP contribution < -0.4 is 4.65 Å². The van der Waals surface area contributed by atoms with Gasteiger partial charge in [0.15, 0.2) is 0 Å². The van der Waals surface area contributed by atoms with E-state index in [1.807, 2.05) is 13.0 Å². The lowest BCUT2D eigenvalue weighted by atomic mass is 9.64. The van der Waals surface area contributed by atoms with Crippen molar-refractivity contribution in [3.63, 3.8) is 0 Å². The van der Waals surface area contributed by atoms with E-state index in [-0.39, 0.29) is 35.3 Å². The van der Waals surface area contributed by atoms with Crippen LogP contribution >= 0.6 is 0 Å². The minimum absolute atomic E-state index is 0.105. The van der Waals surface area contributed by atoms with Gasteiger partial charge in [-0.15, -0.1) is 0 Å². The Balaban J connectivity index is 1.52. The quantitative estimate of drug-likeness (QED) is 0.327. The number of hydrogen-bond acceptors (Lipinski definition) is 7. The van der Waals surface area contributed by atoms with Crippen molar-refractivity contribution in [2.75, 3.05) is 6.79 Å². The number of ether oxygens (including phenoxy) is 2. The summed E-state index contributed by atoms with van der Waals surface area (Å²) < 4.78 is 15.8. The van der Waals surface area contributed by atoms with E-state index in [1.165, 1.54) is 6.42 Å². The molecule has 0 aromatic heterocycles. The Morgan fingerprint density at radius 1 is 1.12 bits per heavy atom. The van der Waals surface area contributed by atoms with Crippen LogP contribution in [0, 0.1) is 5.92 Å². The highest BCUT2D eigenvalue weighted by Crippen LogP contribution is 2.36. The van der Waals surface area contributed by atoms with E-state index in [4.69, 9.17) is 14.1 Å². The van der Waals surface area contributed by atoms with Gasteiger partial charge in [0.2, 0.25) is 6.79 Å². The molecule has 1 aromatic rings. The van der Waals surface area contributed by atoms with Crippen molar-refractivity contribution in [2.45, 2.75) is 83.4 Å². The number of fused-ring (bicyclic) bond motifs is 1. The monoisotopic (exact) mass is 444 g/mol. The van der Waals surface area contributed by atoms with E-state index in [1.54, 1.807) is 12.1 Å². The second-order valence-electron chi connectivity index (χ2n) is 8.89. The number of rotatable bonds is 10. The Bertz CT molecular complexity index is 804. The van der Waals surface area contributed by atoms with Gasteiger partial charge in [0.05, 0.1) is 0 Å². The summed E-state index contributed by atoms with van der Waals surface area (Å²) in [7, 11) is -1.17. The Morgan fingerprint density at radius 3 is 2.66 bits per heavy atom. The Hall–Kier alpha value is -2.35. The minimum atomic E-state index is -1.17. The summed E-state index contributed by atoms with van der Waals surface area (Å²) in [4.78, 5) is 36.7. The zero-order valence-corrected chi connectivity index (χ0v) is 18.8. The first-order valence-electron chi connectivity index (χ1n) is 11.8. The maximum Gasteiger partial charge on any atom is 0.526 e. The van der Waals surface area contributed by atoms with Gasteiger partial charge in [0.25, 0.3) is 0 Å². The third kappa shape index (κ3) is 6.83. The van der Waals surface area contributed by atoms with Crippen molar-refractivity contribution in [3.8, 4) is 5.75 Å². The van der Waals surface area contributed by atoms with Gasteiger partial charge in [-0.25, -0.2) is 4.79 Å². The van der Waals surface area contributed by atoms with Crippen molar-refractivity contribution in [1.29, 1.82) is 0 Å². The van der Waals surface area contributed by atoms with Gasteiger partial charge in [-0.05, 0) is 43.2 Å². The van der Waals surface area contributed by atoms with Crippen LogP contribution in [-0.2, 0) is 25.5 Å². The highest BCUT2D eigenvalue weighted by molar-refractivity contribution is 6.47. The molecule has 0 radical (unpaired) electrons. The zero-order chi connectivity index (χ0) is 22.9. The van der Waals surface area contributed by atoms with Crippen LogP contribution in [0.25, 0.3) is 0 Å². The Kier molecular flexibility index (Phi) is 9.15. The van der Waals surface area contributed by atoms with Gasteiger partial charge in [-0.3, -0.25) is 9.59 Å². The molecule has 1 fully saturated rings. The fourth-order valence-corrected chi connectivity index (χ4v) is 4.50. The average molecular weight is 444 g/mol. The predicted octanol–water partition coefficient (Wildman–Crippen LogP) is 4.25. The fourth-order valence-electron chi connectivity index (χ4n) is 4.50. The molecule has 7 nitrogen and oxygen atoms in total. The molecular weight excluding hydrogens is 411 g/mol. The molecule has 32 heavy (non-hydrogen) atoms. The molecular formula is C24H33BO7. The molecule has 1 aliphatic heterocycles. The van der Waals surface area contributed by atoms with Crippen molar-refractivity contribution in [3.05, 3.63) is 29.3 Å². The molecule has 0 amide bonds. The first-order valence-corrected chi connectivity index (χ1v) is 11.8. The largest absolute Gasteiger partial charge is 0.535 e. The second kappa shape index (κ2) is 12.0. The molecule has 0 spiro atoms. The summed E-state index contributed by atoms with van der Waals surface area (Å²) in [5.41, 5.74) is 0.910. The highest BCUT2D eigenvalue weighted by atomic mass is 16.7. The number of benzene rings is 1. The normalized spacial score (nSPS) is 18.4. The van der Waals surface area contributed by atoms with Crippen molar-refractivity contribution in [1.82, 2.24) is 0 Å². The molecule has 0 bridgehead atoms. The fraction of sp³-hybridized carbons (Fsp3) is 0.625. The molecule has 0 saturated heterocycles. The van der Waals surface area contributed by atoms with E-state index in [0.29, 0.717) is 25.2 Å². The third-order valence-corrected chi connectivity index (χ3v) is 6.33. The predicted molar refractivity (Wildman–Crippen MR) is 119 cm³/mol. The second-order valence-corrected chi connectivity index (χ2v) is 8.89. The van der Waals surface area contributed by atoms with E-state index in [9.17, 15) is 19.4 Å². The van der Waals surface area contributed by atoms with Gasteiger partial charge in [0.1, 0.15) is 17.1 Å². The van der Waals surface area contributed by atoms with Crippen LogP contribution in [0.2, 0.25) is 5.82 Å². The number of para-hydroxylation sites is 1. The molecule has 1 aliphatic carbocycles. The summed E-state index contributed by atoms with van der Waals surface area (Å²) in [6.45, 7) is 1.57. The molecule has 0 unspecified atom stereocenters. The number of unbranched alkanes of at least 4 members (excludes halogenated alkanes) is 1. The van der Waals surface area contributed by atoms with Crippen LogP contribution in [-0.4, -0.2) is 36.7 Å². The van der Waals surface area contributed by atoms with Gasteiger partial charge in [-0.2, -0.15) is 0 Å². The van der Waals surface area contributed by atoms with Crippen LogP contribution in [0.4, 0.5) is 0 Å². The first kappa shape index (κ1) is 24.3. The zero-order valence-electron chi connectivity index (χ0n) is 18.8. The maximum absolute atomic E-state index is 12.5. The van der Waals surface area contributed by atoms with Gasteiger partial charge in [-0.1, -0.05) is 44.7 Å². The lowest BCUT2D eigenvalue weighted by molar-refractivity contribution is -0.153. The molecule has 3 rings (SSSR count). The van der Waals surface area contributed by atoms with E-state index >= 15 is 0 Å². The van der Waals surface area contributed by atoms with E-state index in [0.717, 1.165) is 44.1 Å². The summed E-state index contributed by atoms with van der Waals surface area (Å²) in [5.74, 6) is -0.674. The van der Waals surface area contributed by atoms with Crippen LogP contribution in [0.15, 0.2) is 18.2 Å². The Morgan fingerprint density at radius 2 is 1.91 bits per heavy atom. The molecule has 1 aromatic carbocycles. The van der Waals surface area contributed by atoms with Crippen molar-refractivity contribution >= 4 is 24.8 Å². The lowest BCUT2D eigenvalue weighted by Crippen LogP contribution is -2.36. The number of ketones is 1. The molecule has 1 saturated carbocycles. The van der Waals surface area contributed by atoms with Gasteiger partial charge < -0.3 is 19.2 Å². The first-order chi connectivity index (χ1) is 15.5. The maximum atomic E-state index is 12.5. The van der Waals surface area contributed by atoms with Gasteiger partial charge >= 0.3 is 19.1 Å². The SMILES string of the molecule is CCCCC(=O)C[C@H]1Cc2cccc(C(=O)OCOC(=O)CC3CCCCC3)c2OB1O. The van der Waals surface area contributed by atoms with Crippen LogP contribution in [0.1, 0.15) is 87.1 Å². The summed E-state index contributed by atoms with van der Waals surface area (Å²) in [6, 6.07) is 5.07. The standard InChI is InChI=1S/C24H33BO7/c1-2-3-11-20(26)15-19-14-18-10-7-12-21(23(18)32-25(19)29)24(28)31-16-30-22(27)13-17-8-5-4-6-9-17/h7,10,12,17,19,29H,2-6,8-9,11,13-16H2,1H3/t19-/m1/s1. The molecule has 1 atom stereocenters. The highest BCUT2D eigenvalue weighted by Gasteiger charge is 2.37. The lowest BCUT2D eigenvalue weighted by Gasteiger charge is -2.28. The third-order valence-electron chi connectivity index (χ3n) is 6.33. The minimum Gasteiger partial charge on any atom is -0.535 e. The number of Topliss-reactive ketones (excluding diaryl/α,β-unsaturated/α-hetero) is 1. The van der Waals surface area contributed by atoms with Crippen LogP contribution in [0.5, 0.6) is 5.75 Å². The topological polar surface area (TPSA) is 99.1 Å². The molecule has 1 N–H and O–H groups in total. The summed E-state index contributed by atoms with van der Waals surface area (Å²) in [6.07, 6.45) is 8.89. The Labute approximate surface area is 190 Å². The van der Waals surface area contributed by atoms with E-state index < -0.39 is 19.9 Å². The summed E-state index contributed by atoms with van der Waals surface area (Å²) in [5, 5.41) is 10.4. The number of esters is 2. The molecule has 2 aliphatic rings. The van der Waals surface area contributed by atoms with E-state index in [2.05, 4.69) is 0 Å². The van der Waals surface area contributed by atoms with Crippen molar-refractivity contribution < 1.29 is 33.5 Å². The van der Waals surface area contributed by atoms with Crippen LogP contribution in [0.3, 0.4) is 0 Å². The average Bonchev–Trinajstić information content (AvgIpc) is 2.78. The molecule has 1 heterocycles. The van der Waals surface area contributed by atoms with Crippen molar-refractivity contribution in [2.24, 2.45) is 5.92 Å². The summed E-state index contributed by atoms with van der Waals surface area (Å²) >= 11 is 0. The number of carbonyl (C=O) groups is 3. The molecule has 8 heteroatoms.